The second-order valence-electron chi connectivity index (χ2n) is 3.37. The first-order valence-electron chi connectivity index (χ1n) is 4.51. The summed E-state index contributed by atoms with van der Waals surface area (Å²) in [5, 5.41) is 0. The normalized spacial score (nSPS) is 39.0. The van der Waals surface area contributed by atoms with E-state index in [0.29, 0.717) is 12.0 Å². The fourth-order valence-corrected chi connectivity index (χ4v) is 1.19. The molecule has 3 atom stereocenters. The van der Waals surface area contributed by atoms with E-state index in [1.165, 1.54) is 0 Å². The predicted molar refractivity (Wildman–Crippen MR) is 44.4 cm³/mol. The molecule has 1 fully saturated rings. The lowest BCUT2D eigenvalue weighted by atomic mass is 10.1. The lowest BCUT2D eigenvalue weighted by molar-refractivity contribution is -0.230. The Balaban J connectivity index is 2.28. The Kier molecular flexibility index (Phi) is 3.34. The third-order valence-corrected chi connectivity index (χ3v) is 2.24. The summed E-state index contributed by atoms with van der Waals surface area (Å²) in [4.78, 5) is 0. The molecule has 1 saturated heterocycles. The van der Waals surface area contributed by atoms with Gasteiger partial charge < -0.3 is 9.47 Å². The highest BCUT2D eigenvalue weighted by Gasteiger charge is 2.24. The van der Waals surface area contributed by atoms with Crippen LogP contribution in [0.25, 0.3) is 0 Å². The maximum Gasteiger partial charge on any atom is 0.157 e. The average molecular weight is 158 g/mol. The van der Waals surface area contributed by atoms with Gasteiger partial charge in [0.15, 0.2) is 6.29 Å². The summed E-state index contributed by atoms with van der Waals surface area (Å²) in [6, 6.07) is 0. The fraction of sp³-hybridized carbons (Fsp3) is 1.00. The van der Waals surface area contributed by atoms with Gasteiger partial charge in [0.2, 0.25) is 0 Å². The summed E-state index contributed by atoms with van der Waals surface area (Å²) in [6.07, 6.45) is 2.58. The molecule has 0 saturated carbocycles. The molecule has 0 unspecified atom stereocenters. The fourth-order valence-electron chi connectivity index (χ4n) is 1.19. The van der Waals surface area contributed by atoms with Crippen molar-refractivity contribution in [1.82, 2.24) is 0 Å². The van der Waals surface area contributed by atoms with E-state index in [0.717, 1.165) is 19.4 Å². The van der Waals surface area contributed by atoms with Crippen LogP contribution in [0.3, 0.4) is 0 Å². The molecule has 0 aromatic heterocycles. The van der Waals surface area contributed by atoms with Crippen LogP contribution >= 0.6 is 0 Å². The first-order valence-corrected chi connectivity index (χ1v) is 4.51. The molecule has 1 aliphatic heterocycles. The highest BCUT2D eigenvalue weighted by molar-refractivity contribution is 4.66. The third kappa shape index (κ3) is 2.46. The van der Waals surface area contributed by atoms with Gasteiger partial charge in [-0.15, -0.1) is 0 Å². The molecule has 1 aliphatic rings. The van der Waals surface area contributed by atoms with Crippen LogP contribution in [-0.2, 0) is 9.47 Å². The van der Waals surface area contributed by atoms with Gasteiger partial charge in [-0.1, -0.05) is 20.3 Å². The molecule has 1 rings (SSSR count). The number of rotatable bonds is 2. The van der Waals surface area contributed by atoms with Crippen molar-refractivity contribution in [3.63, 3.8) is 0 Å². The molecule has 2 nitrogen and oxygen atoms in total. The summed E-state index contributed by atoms with van der Waals surface area (Å²) in [7, 11) is 0. The third-order valence-electron chi connectivity index (χ3n) is 2.24. The van der Waals surface area contributed by atoms with Crippen molar-refractivity contribution in [3.8, 4) is 0 Å². The Hall–Kier alpha value is -0.0800. The first-order chi connectivity index (χ1) is 5.24. The van der Waals surface area contributed by atoms with Crippen LogP contribution in [0.2, 0.25) is 0 Å². The minimum Gasteiger partial charge on any atom is -0.352 e. The summed E-state index contributed by atoms with van der Waals surface area (Å²) in [5.74, 6) is 0.545. The van der Waals surface area contributed by atoms with E-state index < -0.39 is 0 Å². The Morgan fingerprint density at radius 2 is 2.09 bits per heavy atom. The molecule has 11 heavy (non-hydrogen) atoms. The van der Waals surface area contributed by atoms with Crippen LogP contribution in [0.1, 0.15) is 33.6 Å². The highest BCUT2D eigenvalue weighted by atomic mass is 16.7. The minimum atomic E-state index is 0.0613. The van der Waals surface area contributed by atoms with Crippen LogP contribution < -0.4 is 0 Å². The zero-order chi connectivity index (χ0) is 8.27. The molecule has 0 N–H and O–H groups in total. The molecule has 0 spiro atoms. The van der Waals surface area contributed by atoms with Gasteiger partial charge in [0.05, 0.1) is 12.7 Å². The van der Waals surface area contributed by atoms with Crippen molar-refractivity contribution in [3.05, 3.63) is 0 Å². The molecule has 0 amide bonds. The van der Waals surface area contributed by atoms with Crippen molar-refractivity contribution in [1.29, 1.82) is 0 Å². The summed E-state index contributed by atoms with van der Waals surface area (Å²) in [5.41, 5.74) is 0. The number of hydrogen-bond donors (Lipinski definition) is 0. The zero-order valence-electron chi connectivity index (χ0n) is 7.67. The maximum atomic E-state index is 5.62. The molecule has 1 heterocycles. The van der Waals surface area contributed by atoms with Crippen molar-refractivity contribution in [2.75, 3.05) is 6.61 Å². The lowest BCUT2D eigenvalue weighted by Gasteiger charge is -2.32. The minimum absolute atomic E-state index is 0.0613. The number of ether oxygens (including phenoxy) is 2. The molecule has 0 bridgehead atoms. The summed E-state index contributed by atoms with van der Waals surface area (Å²) < 4.78 is 11.1. The van der Waals surface area contributed by atoms with Gasteiger partial charge in [0.25, 0.3) is 0 Å². The van der Waals surface area contributed by atoms with Gasteiger partial charge in [-0.05, 0) is 13.3 Å². The van der Waals surface area contributed by atoms with Crippen LogP contribution in [0.5, 0.6) is 0 Å². The molecular formula is C9H18O2. The molecule has 66 valence electrons. The maximum absolute atomic E-state index is 5.62. The van der Waals surface area contributed by atoms with Crippen molar-refractivity contribution >= 4 is 0 Å². The Morgan fingerprint density at radius 3 is 2.64 bits per heavy atom. The van der Waals surface area contributed by atoms with Crippen molar-refractivity contribution in [2.24, 2.45) is 5.92 Å². The molecular weight excluding hydrogens is 140 g/mol. The monoisotopic (exact) mass is 158 g/mol. The Labute approximate surface area is 68.9 Å². The van der Waals surface area contributed by atoms with Crippen LogP contribution in [0.4, 0.5) is 0 Å². The quantitative estimate of drug-likeness (QED) is 0.613. The average Bonchev–Trinajstić information content (AvgIpc) is 1.98. The Morgan fingerprint density at radius 1 is 1.36 bits per heavy atom. The largest absolute Gasteiger partial charge is 0.352 e. The summed E-state index contributed by atoms with van der Waals surface area (Å²) >= 11 is 0. The molecule has 0 aliphatic carbocycles. The second-order valence-corrected chi connectivity index (χ2v) is 3.37. The van der Waals surface area contributed by atoms with E-state index in [1.54, 1.807) is 0 Å². The molecule has 2 heteroatoms. The first kappa shape index (κ1) is 9.01. The van der Waals surface area contributed by atoms with Gasteiger partial charge >= 0.3 is 0 Å². The van der Waals surface area contributed by atoms with Gasteiger partial charge in [-0.25, -0.2) is 0 Å². The van der Waals surface area contributed by atoms with Crippen LogP contribution in [-0.4, -0.2) is 19.0 Å². The van der Waals surface area contributed by atoms with Crippen molar-refractivity contribution < 1.29 is 9.47 Å². The topological polar surface area (TPSA) is 18.5 Å². The van der Waals surface area contributed by atoms with Gasteiger partial charge in [0, 0.05) is 5.92 Å². The van der Waals surface area contributed by atoms with Gasteiger partial charge in [0.1, 0.15) is 0 Å². The van der Waals surface area contributed by atoms with E-state index in [9.17, 15) is 0 Å². The lowest BCUT2D eigenvalue weighted by Crippen LogP contribution is -2.36. The van der Waals surface area contributed by atoms with Gasteiger partial charge in [-0.2, -0.15) is 0 Å². The second kappa shape index (κ2) is 4.07. The van der Waals surface area contributed by atoms with E-state index in [1.807, 2.05) is 0 Å². The predicted octanol–water partition coefficient (Wildman–Crippen LogP) is 2.18. The van der Waals surface area contributed by atoms with E-state index in [2.05, 4.69) is 20.8 Å². The van der Waals surface area contributed by atoms with E-state index in [4.69, 9.17) is 9.47 Å². The standard InChI is InChI=1S/C9H18O2/c1-4-5-9-10-6-7(2)8(3)11-9/h7-9H,4-6H2,1-3H3/t7-,8+,9+/m1/s1. The molecule has 0 aromatic carbocycles. The highest BCUT2D eigenvalue weighted by Crippen LogP contribution is 2.20. The zero-order valence-corrected chi connectivity index (χ0v) is 7.67. The van der Waals surface area contributed by atoms with E-state index >= 15 is 0 Å². The van der Waals surface area contributed by atoms with Crippen molar-refractivity contribution in [2.45, 2.75) is 46.0 Å². The van der Waals surface area contributed by atoms with Gasteiger partial charge in [-0.3, -0.25) is 0 Å². The van der Waals surface area contributed by atoms with E-state index in [-0.39, 0.29) is 6.29 Å². The number of hydrogen-bond acceptors (Lipinski definition) is 2. The molecule has 0 radical (unpaired) electrons. The van der Waals surface area contributed by atoms with Crippen LogP contribution in [0.15, 0.2) is 0 Å². The smallest absolute Gasteiger partial charge is 0.157 e. The Bertz CT molecular complexity index is 114. The summed E-state index contributed by atoms with van der Waals surface area (Å²) in [6.45, 7) is 7.28. The van der Waals surface area contributed by atoms with Crippen LogP contribution in [0, 0.1) is 5.92 Å². The molecule has 0 aromatic rings. The SMILES string of the molecule is CCC[C@H]1OC[C@@H](C)[C@H](C)O1.